The van der Waals surface area contributed by atoms with Crippen LogP contribution in [-0.2, 0) is 11.2 Å². The van der Waals surface area contributed by atoms with Crippen molar-refractivity contribution in [2.24, 2.45) is 0 Å². The monoisotopic (exact) mass is 249 g/mol. The highest BCUT2D eigenvalue weighted by Gasteiger charge is 2.21. The average Bonchev–Trinajstić information content (AvgIpc) is 2.77. The van der Waals surface area contributed by atoms with E-state index < -0.39 is 5.95 Å². The van der Waals surface area contributed by atoms with Crippen molar-refractivity contribution in [3.05, 3.63) is 23.8 Å². The number of rotatable bonds is 2. The first-order chi connectivity index (χ1) is 8.79. The second-order valence-corrected chi connectivity index (χ2v) is 4.59. The van der Waals surface area contributed by atoms with Crippen LogP contribution in [0, 0.1) is 5.95 Å². The van der Waals surface area contributed by atoms with Gasteiger partial charge in [-0.05, 0) is 31.4 Å². The smallest absolute Gasteiger partial charge is 0.214 e. The normalized spacial score (nSPS) is 17.4. The molecule has 0 radical (unpaired) electrons. The van der Waals surface area contributed by atoms with Gasteiger partial charge in [0.05, 0.1) is 11.7 Å². The average molecular weight is 249 g/mol. The lowest BCUT2D eigenvalue weighted by atomic mass is 10.1. The van der Waals surface area contributed by atoms with E-state index in [0.29, 0.717) is 5.65 Å². The van der Waals surface area contributed by atoms with E-state index in [1.807, 2.05) is 4.68 Å². The van der Waals surface area contributed by atoms with Gasteiger partial charge in [-0.15, -0.1) is 0 Å². The van der Waals surface area contributed by atoms with Crippen LogP contribution < -0.4 is 0 Å². The summed E-state index contributed by atoms with van der Waals surface area (Å²) in [4.78, 5) is 4.01. The Labute approximate surface area is 105 Å². The molecule has 4 nitrogen and oxygen atoms in total. The molecule has 3 heterocycles. The molecule has 0 saturated carbocycles. The number of ether oxygens (including phenoxy) is 1. The molecule has 0 atom stereocenters. The first-order valence-corrected chi connectivity index (χ1v) is 6.41. The minimum absolute atomic E-state index is 0.274. The van der Waals surface area contributed by atoms with Gasteiger partial charge in [-0.3, -0.25) is 0 Å². The maximum absolute atomic E-state index is 13.3. The summed E-state index contributed by atoms with van der Waals surface area (Å²) in [5, 5.41) is 5.57. The van der Waals surface area contributed by atoms with Crippen LogP contribution in [0.25, 0.3) is 11.0 Å². The predicted octanol–water partition coefficient (Wildman–Crippen LogP) is 2.48. The first kappa shape index (κ1) is 11.6. The largest absolute Gasteiger partial charge is 0.381 e. The van der Waals surface area contributed by atoms with Gasteiger partial charge in [0.1, 0.15) is 0 Å². The van der Waals surface area contributed by atoms with Crippen LogP contribution in [0.3, 0.4) is 0 Å². The van der Waals surface area contributed by atoms with Crippen LogP contribution in [-0.4, -0.2) is 28.0 Å². The third-order valence-electron chi connectivity index (χ3n) is 3.47. The van der Waals surface area contributed by atoms with E-state index in [2.05, 4.69) is 17.0 Å². The van der Waals surface area contributed by atoms with E-state index in [1.54, 1.807) is 6.07 Å². The summed E-state index contributed by atoms with van der Waals surface area (Å²) in [7, 11) is 0. The van der Waals surface area contributed by atoms with Crippen LogP contribution in [0.1, 0.15) is 31.5 Å². The fraction of sp³-hybridized carbons (Fsp3) is 0.538. The Balaban J connectivity index is 2.12. The zero-order chi connectivity index (χ0) is 12.5. The van der Waals surface area contributed by atoms with Crippen LogP contribution >= 0.6 is 0 Å². The number of pyridine rings is 1. The molecule has 0 N–H and O–H groups in total. The number of halogens is 1. The van der Waals surface area contributed by atoms with E-state index in [-0.39, 0.29) is 6.04 Å². The molecule has 2 aromatic rings. The van der Waals surface area contributed by atoms with E-state index >= 15 is 0 Å². The summed E-state index contributed by atoms with van der Waals surface area (Å²) in [5.74, 6) is -0.446. The molecule has 1 aliphatic heterocycles. The van der Waals surface area contributed by atoms with Gasteiger partial charge in [0, 0.05) is 18.6 Å². The zero-order valence-electron chi connectivity index (χ0n) is 10.4. The van der Waals surface area contributed by atoms with E-state index in [4.69, 9.17) is 4.74 Å². The van der Waals surface area contributed by atoms with Crippen molar-refractivity contribution in [1.29, 1.82) is 0 Å². The maximum atomic E-state index is 13.3. The molecule has 5 heteroatoms. The summed E-state index contributed by atoms with van der Waals surface area (Å²) in [6, 6.07) is 3.45. The molecule has 0 unspecified atom stereocenters. The lowest BCUT2D eigenvalue weighted by Gasteiger charge is -2.22. The molecule has 2 aromatic heterocycles. The minimum Gasteiger partial charge on any atom is -0.381 e. The van der Waals surface area contributed by atoms with E-state index in [9.17, 15) is 4.39 Å². The third kappa shape index (κ3) is 1.88. The van der Waals surface area contributed by atoms with Crippen molar-refractivity contribution >= 4 is 11.0 Å². The van der Waals surface area contributed by atoms with E-state index in [1.165, 1.54) is 6.07 Å². The van der Waals surface area contributed by atoms with Crippen molar-refractivity contribution in [3.8, 4) is 0 Å². The molecule has 96 valence electrons. The zero-order valence-corrected chi connectivity index (χ0v) is 10.4. The number of nitrogens with zero attached hydrogens (tertiary/aromatic N) is 3. The van der Waals surface area contributed by atoms with Crippen molar-refractivity contribution in [2.45, 2.75) is 32.2 Å². The number of aromatic nitrogens is 3. The molecule has 1 saturated heterocycles. The summed E-state index contributed by atoms with van der Waals surface area (Å²) in [5.41, 5.74) is 1.66. The van der Waals surface area contributed by atoms with Gasteiger partial charge in [-0.25, -0.2) is 4.68 Å². The number of fused-ring (bicyclic) bond motifs is 1. The molecular formula is C13H16FN3O. The van der Waals surface area contributed by atoms with Crippen molar-refractivity contribution in [2.75, 3.05) is 13.2 Å². The lowest BCUT2D eigenvalue weighted by molar-refractivity contribution is 0.0672. The van der Waals surface area contributed by atoms with E-state index in [0.717, 1.165) is 43.6 Å². The Kier molecular flexibility index (Phi) is 2.99. The third-order valence-corrected chi connectivity index (χ3v) is 3.47. The second kappa shape index (κ2) is 4.65. The molecular weight excluding hydrogens is 233 g/mol. The molecule has 3 rings (SSSR count). The maximum Gasteiger partial charge on any atom is 0.214 e. The first-order valence-electron chi connectivity index (χ1n) is 6.41. The summed E-state index contributed by atoms with van der Waals surface area (Å²) in [6.07, 6.45) is 2.66. The van der Waals surface area contributed by atoms with Crippen LogP contribution in [0.5, 0.6) is 0 Å². The van der Waals surface area contributed by atoms with Gasteiger partial charge in [-0.1, -0.05) is 6.92 Å². The number of aryl methyl sites for hydroxylation is 1. The highest BCUT2D eigenvalue weighted by molar-refractivity contribution is 5.78. The fourth-order valence-electron chi connectivity index (χ4n) is 2.50. The molecule has 0 amide bonds. The topological polar surface area (TPSA) is 39.9 Å². The SMILES string of the molecule is CCc1nn(C2CCOCC2)c2nc(F)ccc12. The fourth-order valence-corrected chi connectivity index (χ4v) is 2.50. The molecule has 0 aromatic carbocycles. The summed E-state index contributed by atoms with van der Waals surface area (Å²) < 4.78 is 20.6. The van der Waals surface area contributed by atoms with Gasteiger partial charge in [-0.2, -0.15) is 14.5 Å². The standard InChI is InChI=1S/C13H16FN3O/c1-2-11-10-3-4-12(14)15-13(10)17(16-11)9-5-7-18-8-6-9/h3-4,9H,2,5-8H2,1H3. The number of hydrogen-bond acceptors (Lipinski definition) is 3. The second-order valence-electron chi connectivity index (χ2n) is 4.59. The van der Waals surface area contributed by atoms with Crippen molar-refractivity contribution in [1.82, 2.24) is 14.8 Å². The molecule has 1 aliphatic rings. The van der Waals surface area contributed by atoms with Gasteiger partial charge in [0.2, 0.25) is 5.95 Å². The Morgan fingerprint density at radius 2 is 2.17 bits per heavy atom. The molecule has 0 aliphatic carbocycles. The van der Waals surface area contributed by atoms with Gasteiger partial charge < -0.3 is 4.74 Å². The Bertz CT molecular complexity index is 561. The highest BCUT2D eigenvalue weighted by atomic mass is 19.1. The molecule has 0 spiro atoms. The van der Waals surface area contributed by atoms with Gasteiger partial charge in [0.15, 0.2) is 5.65 Å². The Hall–Kier alpha value is -1.49. The van der Waals surface area contributed by atoms with Gasteiger partial charge >= 0.3 is 0 Å². The van der Waals surface area contributed by atoms with Crippen molar-refractivity contribution < 1.29 is 9.13 Å². The Morgan fingerprint density at radius 3 is 2.89 bits per heavy atom. The van der Waals surface area contributed by atoms with Crippen LogP contribution in [0.4, 0.5) is 4.39 Å². The number of hydrogen-bond donors (Lipinski definition) is 0. The van der Waals surface area contributed by atoms with Crippen LogP contribution in [0.2, 0.25) is 0 Å². The molecule has 0 bridgehead atoms. The van der Waals surface area contributed by atoms with Crippen molar-refractivity contribution in [3.63, 3.8) is 0 Å². The molecule has 1 fully saturated rings. The quantitative estimate of drug-likeness (QED) is 0.768. The predicted molar refractivity (Wildman–Crippen MR) is 66.0 cm³/mol. The Morgan fingerprint density at radius 1 is 1.39 bits per heavy atom. The van der Waals surface area contributed by atoms with Gasteiger partial charge in [0.25, 0.3) is 0 Å². The molecule has 18 heavy (non-hydrogen) atoms. The summed E-state index contributed by atoms with van der Waals surface area (Å²) in [6.45, 7) is 3.53. The van der Waals surface area contributed by atoms with Crippen LogP contribution in [0.15, 0.2) is 12.1 Å². The highest BCUT2D eigenvalue weighted by Crippen LogP contribution is 2.26. The lowest BCUT2D eigenvalue weighted by Crippen LogP contribution is -2.20. The summed E-state index contributed by atoms with van der Waals surface area (Å²) >= 11 is 0. The minimum atomic E-state index is -0.446.